The highest BCUT2D eigenvalue weighted by molar-refractivity contribution is 8.27. The summed E-state index contributed by atoms with van der Waals surface area (Å²) in [5, 5.41) is 0. The van der Waals surface area contributed by atoms with Crippen LogP contribution in [0.3, 0.4) is 0 Å². The van der Waals surface area contributed by atoms with E-state index in [2.05, 4.69) is 4.74 Å². The molecule has 0 aliphatic carbocycles. The average molecular weight is 415 g/mol. The van der Waals surface area contributed by atoms with Crippen molar-refractivity contribution in [1.82, 2.24) is 0 Å². The number of esters is 1. The Morgan fingerprint density at radius 3 is 2.54 bits per heavy atom. The van der Waals surface area contributed by atoms with Gasteiger partial charge >= 0.3 is 5.97 Å². The van der Waals surface area contributed by atoms with E-state index >= 15 is 0 Å². The summed E-state index contributed by atoms with van der Waals surface area (Å²) in [6.07, 6.45) is 1.76. The third kappa shape index (κ3) is 4.35. The van der Waals surface area contributed by atoms with Gasteiger partial charge in [0.25, 0.3) is 5.91 Å². The lowest BCUT2D eigenvalue weighted by molar-refractivity contribution is -0.142. The largest absolute Gasteiger partial charge is 0.495 e. The van der Waals surface area contributed by atoms with Crippen molar-refractivity contribution in [1.29, 1.82) is 0 Å². The van der Waals surface area contributed by atoms with Crippen LogP contribution in [0.4, 0.5) is 5.69 Å². The van der Waals surface area contributed by atoms with Crippen LogP contribution in [0.2, 0.25) is 0 Å². The minimum absolute atomic E-state index is 0.159. The molecule has 0 radical (unpaired) electrons. The highest BCUT2D eigenvalue weighted by Crippen LogP contribution is 2.39. The summed E-state index contributed by atoms with van der Waals surface area (Å²) >= 11 is 6.63. The highest BCUT2D eigenvalue weighted by atomic mass is 32.2. The van der Waals surface area contributed by atoms with E-state index in [-0.39, 0.29) is 12.5 Å². The second kappa shape index (κ2) is 8.90. The Balaban J connectivity index is 1.77. The number of carbonyl (C=O) groups is 2. The van der Waals surface area contributed by atoms with Crippen LogP contribution in [0, 0.1) is 0 Å². The molecule has 1 amide bonds. The number of nitrogens with zero attached hydrogens (tertiary/aromatic N) is 1. The Kier molecular flexibility index (Phi) is 6.33. The predicted octanol–water partition coefficient (Wildman–Crippen LogP) is 3.65. The van der Waals surface area contributed by atoms with E-state index in [4.69, 9.17) is 21.7 Å². The fourth-order valence-electron chi connectivity index (χ4n) is 2.50. The normalized spacial score (nSPS) is 15.1. The molecule has 144 valence electrons. The fourth-order valence-corrected chi connectivity index (χ4v) is 3.79. The van der Waals surface area contributed by atoms with E-state index in [0.29, 0.717) is 26.4 Å². The topological polar surface area (TPSA) is 65.1 Å². The van der Waals surface area contributed by atoms with Gasteiger partial charge in [0.15, 0.2) is 10.9 Å². The maximum atomic E-state index is 12.9. The molecule has 0 saturated carbocycles. The smallest absolute Gasteiger partial charge is 0.343 e. The fraction of sp³-hybridized carbons (Fsp3) is 0.150. The highest BCUT2D eigenvalue weighted by Gasteiger charge is 2.34. The number of anilines is 1. The van der Waals surface area contributed by atoms with Crippen molar-refractivity contribution in [2.45, 2.75) is 0 Å². The van der Waals surface area contributed by atoms with Crippen molar-refractivity contribution in [2.75, 3.05) is 25.7 Å². The van der Waals surface area contributed by atoms with Crippen molar-refractivity contribution in [2.24, 2.45) is 0 Å². The quantitative estimate of drug-likeness (QED) is 0.405. The van der Waals surface area contributed by atoms with Crippen molar-refractivity contribution < 1.29 is 23.8 Å². The number of amides is 1. The molecule has 1 heterocycles. The summed E-state index contributed by atoms with van der Waals surface area (Å²) in [6, 6.07) is 14.3. The molecule has 0 spiro atoms. The Labute approximate surface area is 172 Å². The third-order valence-electron chi connectivity index (χ3n) is 3.88. The van der Waals surface area contributed by atoms with Crippen LogP contribution < -0.4 is 14.4 Å². The van der Waals surface area contributed by atoms with E-state index in [9.17, 15) is 9.59 Å². The number of rotatable bonds is 6. The first-order chi connectivity index (χ1) is 13.5. The summed E-state index contributed by atoms with van der Waals surface area (Å²) in [5.74, 6) is 0.450. The molecule has 1 aliphatic rings. The van der Waals surface area contributed by atoms with Gasteiger partial charge in [-0.15, -0.1) is 0 Å². The Morgan fingerprint density at radius 1 is 1.14 bits per heavy atom. The zero-order valence-electron chi connectivity index (χ0n) is 15.2. The zero-order chi connectivity index (χ0) is 20.1. The number of benzene rings is 2. The average Bonchev–Trinajstić information content (AvgIpc) is 3.00. The molecule has 8 heteroatoms. The minimum Gasteiger partial charge on any atom is -0.495 e. The van der Waals surface area contributed by atoms with Crippen molar-refractivity contribution in [3.63, 3.8) is 0 Å². The molecular formula is C20H17NO5S2. The second-order valence-electron chi connectivity index (χ2n) is 5.62. The van der Waals surface area contributed by atoms with E-state index in [1.54, 1.807) is 49.6 Å². The lowest BCUT2D eigenvalue weighted by atomic mass is 10.2. The Hall–Kier alpha value is -2.84. The molecule has 0 aromatic heterocycles. The monoisotopic (exact) mass is 415 g/mol. The first kappa shape index (κ1) is 19.9. The summed E-state index contributed by atoms with van der Waals surface area (Å²) in [4.78, 5) is 26.0. The van der Waals surface area contributed by atoms with Crippen LogP contribution in [0.15, 0.2) is 53.4 Å². The lowest BCUT2D eigenvalue weighted by Crippen LogP contribution is -2.27. The van der Waals surface area contributed by atoms with Gasteiger partial charge in [-0.25, -0.2) is 4.79 Å². The number of hydrogen-bond donors (Lipinski definition) is 0. The molecule has 0 bridgehead atoms. The van der Waals surface area contributed by atoms with Crippen molar-refractivity contribution >= 4 is 51.9 Å². The number of para-hydroxylation sites is 2. The first-order valence-electron chi connectivity index (χ1n) is 8.24. The van der Waals surface area contributed by atoms with Gasteiger partial charge in [-0.3, -0.25) is 9.69 Å². The molecule has 2 aromatic carbocycles. The number of thioether (sulfide) groups is 1. The zero-order valence-corrected chi connectivity index (χ0v) is 16.8. The Bertz CT molecular complexity index is 940. The summed E-state index contributed by atoms with van der Waals surface area (Å²) < 4.78 is 15.6. The first-order valence-corrected chi connectivity index (χ1v) is 9.46. The molecule has 1 fully saturated rings. The van der Waals surface area contributed by atoms with Crippen LogP contribution in [0.5, 0.6) is 11.5 Å². The van der Waals surface area contributed by atoms with Gasteiger partial charge in [0.1, 0.15) is 11.5 Å². The van der Waals surface area contributed by atoms with Crippen LogP contribution in [-0.4, -0.2) is 37.0 Å². The number of methoxy groups -OCH3 is 2. The number of ether oxygens (including phenoxy) is 3. The number of hydrogen-bond acceptors (Lipinski definition) is 7. The molecule has 2 aromatic rings. The van der Waals surface area contributed by atoms with Crippen LogP contribution in [-0.2, 0) is 14.3 Å². The van der Waals surface area contributed by atoms with Gasteiger partial charge in [-0.05, 0) is 35.9 Å². The standard InChI is InChI=1S/C20H17NO5S2/c1-24-16-6-4-3-5-15(16)21-19(23)17(28-20(21)27)11-13-7-9-14(10-8-13)26-12-18(22)25-2/h3-11H,12H2,1-2H3/b17-11-. The van der Waals surface area contributed by atoms with Gasteiger partial charge in [0.05, 0.1) is 24.8 Å². The van der Waals surface area contributed by atoms with Crippen molar-refractivity contribution in [3.8, 4) is 11.5 Å². The van der Waals surface area contributed by atoms with Gasteiger partial charge in [-0.2, -0.15) is 0 Å². The molecule has 0 N–H and O–H groups in total. The summed E-state index contributed by atoms with van der Waals surface area (Å²) in [5.41, 5.74) is 1.42. The van der Waals surface area contributed by atoms with E-state index < -0.39 is 5.97 Å². The molecule has 0 unspecified atom stereocenters. The van der Waals surface area contributed by atoms with Gasteiger partial charge in [0, 0.05) is 0 Å². The maximum Gasteiger partial charge on any atom is 0.343 e. The molecule has 3 rings (SSSR count). The molecule has 6 nitrogen and oxygen atoms in total. The van der Waals surface area contributed by atoms with Gasteiger partial charge in [0.2, 0.25) is 0 Å². The van der Waals surface area contributed by atoms with Gasteiger partial charge < -0.3 is 14.2 Å². The summed E-state index contributed by atoms with van der Waals surface area (Å²) in [6.45, 7) is -0.159. The minimum atomic E-state index is -0.455. The predicted molar refractivity (Wildman–Crippen MR) is 113 cm³/mol. The van der Waals surface area contributed by atoms with E-state index in [0.717, 1.165) is 5.56 Å². The summed E-state index contributed by atoms with van der Waals surface area (Å²) in [7, 11) is 2.85. The van der Waals surface area contributed by atoms with E-state index in [1.807, 2.05) is 12.1 Å². The van der Waals surface area contributed by atoms with Crippen molar-refractivity contribution in [3.05, 3.63) is 59.0 Å². The third-order valence-corrected chi connectivity index (χ3v) is 5.18. The number of carbonyl (C=O) groups excluding carboxylic acids is 2. The van der Waals surface area contributed by atoms with Gasteiger partial charge in [-0.1, -0.05) is 48.2 Å². The van der Waals surface area contributed by atoms with E-state index in [1.165, 1.54) is 23.8 Å². The molecule has 0 atom stereocenters. The molecular weight excluding hydrogens is 398 g/mol. The maximum absolute atomic E-state index is 12.9. The van der Waals surface area contributed by atoms with Crippen LogP contribution in [0.1, 0.15) is 5.56 Å². The second-order valence-corrected chi connectivity index (χ2v) is 7.30. The SMILES string of the molecule is COC(=O)COc1ccc(/C=C2\SC(=S)N(c3ccccc3OC)C2=O)cc1. The van der Waals surface area contributed by atoms with Crippen LogP contribution >= 0.6 is 24.0 Å². The lowest BCUT2D eigenvalue weighted by Gasteiger charge is -2.17. The molecule has 28 heavy (non-hydrogen) atoms. The molecule has 1 saturated heterocycles. The Morgan fingerprint density at radius 2 is 1.86 bits per heavy atom. The molecule has 1 aliphatic heterocycles. The van der Waals surface area contributed by atoms with Crippen LogP contribution in [0.25, 0.3) is 6.08 Å². The number of thiocarbonyl (C=S) groups is 1.